The molecule has 3 rings (SSSR count). The highest BCUT2D eigenvalue weighted by Crippen LogP contribution is 2.37. The highest BCUT2D eigenvalue weighted by Gasteiger charge is 2.07. The van der Waals surface area contributed by atoms with Gasteiger partial charge < -0.3 is 9.84 Å². The van der Waals surface area contributed by atoms with Gasteiger partial charge in [-0.15, -0.1) is 5.11 Å². The maximum atomic E-state index is 10.3. The van der Waals surface area contributed by atoms with E-state index in [1.54, 1.807) is 19.2 Å². The average molecular weight is 278 g/mol. The van der Waals surface area contributed by atoms with Gasteiger partial charge in [-0.3, -0.25) is 0 Å². The van der Waals surface area contributed by atoms with Crippen molar-refractivity contribution in [2.45, 2.75) is 0 Å². The molecule has 0 fully saturated rings. The van der Waals surface area contributed by atoms with E-state index in [-0.39, 0.29) is 5.75 Å². The Kier molecular flexibility index (Phi) is 3.51. The van der Waals surface area contributed by atoms with Crippen LogP contribution in [0.4, 0.5) is 11.4 Å². The van der Waals surface area contributed by atoms with Crippen LogP contribution >= 0.6 is 0 Å². The monoisotopic (exact) mass is 278 g/mol. The van der Waals surface area contributed by atoms with Crippen molar-refractivity contribution >= 4 is 22.1 Å². The molecular formula is C17H14N2O2. The summed E-state index contributed by atoms with van der Waals surface area (Å²) in [6, 6.07) is 18.6. The SMILES string of the molecule is COc1ccc2ccc(N=Nc3ccccc3)c(O)c2c1. The standard InChI is InChI=1S/C17H14N2O2/c1-21-14-9-7-12-8-10-16(17(20)15(12)11-14)19-18-13-5-3-2-4-6-13/h2-11,20H,1H3. The summed E-state index contributed by atoms with van der Waals surface area (Å²) in [5, 5.41) is 20.2. The minimum Gasteiger partial charge on any atom is -0.505 e. The topological polar surface area (TPSA) is 54.2 Å². The van der Waals surface area contributed by atoms with Gasteiger partial charge in [-0.05, 0) is 35.7 Å². The quantitative estimate of drug-likeness (QED) is 0.688. The molecule has 0 aromatic heterocycles. The lowest BCUT2D eigenvalue weighted by Gasteiger charge is -2.06. The number of methoxy groups -OCH3 is 1. The fraction of sp³-hybridized carbons (Fsp3) is 0.0588. The number of hydrogen-bond donors (Lipinski definition) is 1. The van der Waals surface area contributed by atoms with Gasteiger partial charge in [0.1, 0.15) is 11.4 Å². The molecule has 0 heterocycles. The van der Waals surface area contributed by atoms with Crippen LogP contribution in [0.5, 0.6) is 11.5 Å². The number of nitrogens with zero attached hydrogens (tertiary/aromatic N) is 2. The fourth-order valence-corrected chi connectivity index (χ4v) is 2.09. The second kappa shape index (κ2) is 5.63. The molecule has 3 aromatic carbocycles. The van der Waals surface area contributed by atoms with Gasteiger partial charge in [0.15, 0.2) is 5.75 Å². The Morgan fingerprint density at radius 2 is 1.67 bits per heavy atom. The van der Waals surface area contributed by atoms with Crippen molar-refractivity contribution in [3.05, 3.63) is 60.7 Å². The normalized spacial score (nSPS) is 11.1. The first-order valence-corrected chi connectivity index (χ1v) is 6.54. The van der Waals surface area contributed by atoms with Crippen LogP contribution in [-0.2, 0) is 0 Å². The predicted molar refractivity (Wildman–Crippen MR) is 82.8 cm³/mol. The summed E-state index contributed by atoms with van der Waals surface area (Å²) in [6.07, 6.45) is 0. The minimum absolute atomic E-state index is 0.103. The molecule has 0 aliphatic rings. The number of ether oxygens (including phenoxy) is 1. The van der Waals surface area contributed by atoms with Crippen molar-refractivity contribution in [1.82, 2.24) is 0 Å². The van der Waals surface area contributed by atoms with E-state index in [0.29, 0.717) is 16.8 Å². The zero-order valence-electron chi connectivity index (χ0n) is 11.5. The molecule has 0 unspecified atom stereocenters. The Morgan fingerprint density at radius 3 is 2.43 bits per heavy atom. The van der Waals surface area contributed by atoms with Gasteiger partial charge in [0.2, 0.25) is 0 Å². The number of phenolic OH excluding ortho intramolecular Hbond substituents is 1. The summed E-state index contributed by atoms with van der Waals surface area (Å²) in [7, 11) is 1.59. The van der Waals surface area contributed by atoms with Crippen molar-refractivity contribution in [3.63, 3.8) is 0 Å². The number of hydrogen-bond acceptors (Lipinski definition) is 4. The van der Waals surface area contributed by atoms with Gasteiger partial charge in [0.05, 0.1) is 12.8 Å². The van der Waals surface area contributed by atoms with E-state index in [2.05, 4.69) is 10.2 Å². The molecule has 0 aliphatic heterocycles. The lowest BCUT2D eigenvalue weighted by Crippen LogP contribution is -1.82. The van der Waals surface area contributed by atoms with E-state index in [1.165, 1.54) is 0 Å². The van der Waals surface area contributed by atoms with E-state index in [1.807, 2.05) is 48.5 Å². The molecule has 1 N–H and O–H groups in total. The molecule has 0 atom stereocenters. The van der Waals surface area contributed by atoms with Gasteiger partial charge in [-0.25, -0.2) is 0 Å². The Bertz CT molecular complexity index is 798. The lowest BCUT2D eigenvalue weighted by molar-refractivity contribution is 0.415. The van der Waals surface area contributed by atoms with Crippen LogP contribution in [0.15, 0.2) is 70.9 Å². The molecular weight excluding hydrogens is 264 g/mol. The number of fused-ring (bicyclic) bond motifs is 1. The highest BCUT2D eigenvalue weighted by atomic mass is 16.5. The van der Waals surface area contributed by atoms with Crippen molar-refractivity contribution in [2.75, 3.05) is 7.11 Å². The highest BCUT2D eigenvalue weighted by molar-refractivity contribution is 5.93. The van der Waals surface area contributed by atoms with Crippen molar-refractivity contribution in [3.8, 4) is 11.5 Å². The first-order chi connectivity index (χ1) is 10.3. The molecule has 4 heteroatoms. The average Bonchev–Trinajstić information content (AvgIpc) is 2.55. The smallest absolute Gasteiger partial charge is 0.151 e. The number of rotatable bonds is 3. The Hall–Kier alpha value is -2.88. The second-order valence-electron chi connectivity index (χ2n) is 4.56. The molecule has 21 heavy (non-hydrogen) atoms. The summed E-state index contributed by atoms with van der Waals surface area (Å²) in [6.45, 7) is 0. The third-order valence-electron chi connectivity index (χ3n) is 3.21. The largest absolute Gasteiger partial charge is 0.505 e. The molecule has 0 bridgehead atoms. The molecule has 0 spiro atoms. The maximum absolute atomic E-state index is 10.3. The van der Waals surface area contributed by atoms with Gasteiger partial charge in [-0.2, -0.15) is 5.11 Å². The zero-order chi connectivity index (χ0) is 14.7. The van der Waals surface area contributed by atoms with Crippen LogP contribution in [0.25, 0.3) is 10.8 Å². The minimum atomic E-state index is 0.103. The third-order valence-corrected chi connectivity index (χ3v) is 3.21. The van der Waals surface area contributed by atoms with E-state index in [9.17, 15) is 5.11 Å². The molecule has 0 saturated carbocycles. The van der Waals surface area contributed by atoms with Gasteiger partial charge in [0, 0.05) is 5.39 Å². The number of phenols is 1. The van der Waals surface area contributed by atoms with E-state index in [4.69, 9.17) is 4.74 Å². The Balaban J connectivity index is 2.03. The van der Waals surface area contributed by atoms with Crippen LogP contribution in [0.1, 0.15) is 0 Å². The van der Waals surface area contributed by atoms with Gasteiger partial charge in [0.25, 0.3) is 0 Å². The number of azo groups is 1. The molecule has 0 amide bonds. The van der Waals surface area contributed by atoms with Gasteiger partial charge >= 0.3 is 0 Å². The molecule has 3 aromatic rings. The van der Waals surface area contributed by atoms with E-state index in [0.717, 1.165) is 11.1 Å². The number of aromatic hydroxyl groups is 1. The van der Waals surface area contributed by atoms with Crippen molar-refractivity contribution in [1.29, 1.82) is 0 Å². The van der Waals surface area contributed by atoms with Crippen LogP contribution in [-0.4, -0.2) is 12.2 Å². The van der Waals surface area contributed by atoms with Crippen molar-refractivity contribution < 1.29 is 9.84 Å². The predicted octanol–water partition coefficient (Wildman–Crippen LogP) is 4.97. The summed E-state index contributed by atoms with van der Waals surface area (Å²) in [5.41, 5.74) is 1.17. The van der Waals surface area contributed by atoms with Crippen molar-refractivity contribution in [2.24, 2.45) is 10.2 Å². The van der Waals surface area contributed by atoms with Crippen LogP contribution in [0, 0.1) is 0 Å². The third kappa shape index (κ3) is 2.69. The second-order valence-corrected chi connectivity index (χ2v) is 4.56. The zero-order valence-corrected chi connectivity index (χ0v) is 11.5. The molecule has 4 nitrogen and oxygen atoms in total. The lowest BCUT2D eigenvalue weighted by atomic mass is 10.1. The Morgan fingerprint density at radius 1 is 0.905 bits per heavy atom. The summed E-state index contributed by atoms with van der Waals surface area (Å²) in [5.74, 6) is 0.793. The first kappa shape index (κ1) is 13.1. The molecule has 104 valence electrons. The van der Waals surface area contributed by atoms with Gasteiger partial charge in [-0.1, -0.05) is 30.3 Å². The van der Waals surface area contributed by atoms with E-state index >= 15 is 0 Å². The fourth-order valence-electron chi connectivity index (χ4n) is 2.09. The molecule has 0 saturated heterocycles. The van der Waals surface area contributed by atoms with Crippen LogP contribution < -0.4 is 4.74 Å². The number of benzene rings is 3. The van der Waals surface area contributed by atoms with Crippen LogP contribution in [0.2, 0.25) is 0 Å². The molecule has 0 radical (unpaired) electrons. The van der Waals surface area contributed by atoms with E-state index < -0.39 is 0 Å². The van der Waals surface area contributed by atoms with Crippen LogP contribution in [0.3, 0.4) is 0 Å². The molecule has 0 aliphatic carbocycles. The maximum Gasteiger partial charge on any atom is 0.151 e. The summed E-state index contributed by atoms with van der Waals surface area (Å²) in [4.78, 5) is 0. The summed E-state index contributed by atoms with van der Waals surface area (Å²) >= 11 is 0. The first-order valence-electron chi connectivity index (χ1n) is 6.54. The Labute approximate surface area is 122 Å². The summed E-state index contributed by atoms with van der Waals surface area (Å²) < 4.78 is 5.18.